The molecule has 0 bridgehead atoms. The Balaban J connectivity index is 2.22. The number of hydrogen-bond acceptors (Lipinski definition) is 4. The Bertz CT molecular complexity index is 647. The summed E-state index contributed by atoms with van der Waals surface area (Å²) in [5.41, 5.74) is 0.0424. The molecule has 0 aliphatic rings. The van der Waals surface area contributed by atoms with Crippen LogP contribution in [0, 0.1) is 0 Å². The van der Waals surface area contributed by atoms with Crippen LogP contribution in [-0.2, 0) is 10.0 Å². The lowest BCUT2D eigenvalue weighted by molar-refractivity contribution is 0.0690. The van der Waals surface area contributed by atoms with E-state index in [0.717, 1.165) is 6.20 Å². The van der Waals surface area contributed by atoms with E-state index in [2.05, 4.69) is 14.7 Å². The third-order valence-electron chi connectivity index (χ3n) is 2.11. The molecule has 0 aliphatic carbocycles. The largest absolute Gasteiger partial charge is 0.477 e. The molecule has 0 saturated heterocycles. The number of carbonyl (C=O) groups is 1. The summed E-state index contributed by atoms with van der Waals surface area (Å²) in [6.07, 6.45) is 3.97. The van der Waals surface area contributed by atoms with E-state index < -0.39 is 16.0 Å². The number of aromatic nitrogens is 2. The van der Waals surface area contributed by atoms with Crippen LogP contribution in [-0.4, -0.2) is 29.5 Å². The van der Waals surface area contributed by atoms with Crippen LogP contribution >= 0.6 is 0 Å². The molecule has 18 heavy (non-hydrogen) atoms. The van der Waals surface area contributed by atoms with Crippen LogP contribution in [0.15, 0.2) is 41.7 Å². The zero-order chi connectivity index (χ0) is 13.2. The standard InChI is InChI=1S/C10H9N3O4S/c14-10(15)9-2-1-7(5-12-9)13-18(16,17)8-3-4-11-6-8/h1-6,11,13H,(H,14,15). The first kappa shape index (κ1) is 12.1. The highest BCUT2D eigenvalue weighted by Crippen LogP contribution is 2.14. The number of rotatable bonds is 4. The highest BCUT2D eigenvalue weighted by Gasteiger charge is 2.14. The van der Waals surface area contributed by atoms with Crippen LogP contribution in [0.5, 0.6) is 0 Å². The van der Waals surface area contributed by atoms with Gasteiger partial charge in [-0.15, -0.1) is 0 Å². The smallest absolute Gasteiger partial charge is 0.354 e. The van der Waals surface area contributed by atoms with Gasteiger partial charge in [0.05, 0.1) is 11.9 Å². The molecule has 94 valence electrons. The van der Waals surface area contributed by atoms with Gasteiger partial charge in [0.15, 0.2) is 0 Å². The van der Waals surface area contributed by atoms with Crippen molar-refractivity contribution in [1.82, 2.24) is 9.97 Å². The second-order valence-corrected chi connectivity index (χ2v) is 5.07. The third kappa shape index (κ3) is 2.48. The van der Waals surface area contributed by atoms with Gasteiger partial charge >= 0.3 is 5.97 Å². The van der Waals surface area contributed by atoms with E-state index in [0.29, 0.717) is 0 Å². The van der Waals surface area contributed by atoms with Crippen molar-refractivity contribution in [1.29, 1.82) is 0 Å². The van der Waals surface area contributed by atoms with Gasteiger partial charge in [-0.1, -0.05) is 0 Å². The summed E-state index contributed by atoms with van der Waals surface area (Å²) in [6.45, 7) is 0. The van der Waals surface area contributed by atoms with Gasteiger partial charge in [0.1, 0.15) is 10.6 Å². The number of aromatic carboxylic acids is 1. The number of pyridine rings is 1. The second-order valence-electron chi connectivity index (χ2n) is 3.39. The van der Waals surface area contributed by atoms with Crippen molar-refractivity contribution in [3.8, 4) is 0 Å². The molecule has 2 aromatic heterocycles. The molecule has 0 amide bonds. The van der Waals surface area contributed by atoms with Gasteiger partial charge in [0, 0.05) is 12.4 Å². The van der Waals surface area contributed by atoms with Crippen LogP contribution in [0.2, 0.25) is 0 Å². The molecule has 2 heterocycles. The average molecular weight is 267 g/mol. The van der Waals surface area contributed by atoms with Gasteiger partial charge in [-0.25, -0.2) is 18.2 Å². The summed E-state index contributed by atoms with van der Waals surface area (Å²) in [5, 5.41) is 8.65. The SMILES string of the molecule is O=C(O)c1ccc(NS(=O)(=O)c2cc[nH]c2)cn1. The van der Waals surface area contributed by atoms with Crippen LogP contribution in [0.3, 0.4) is 0 Å². The predicted molar refractivity (Wildman–Crippen MR) is 62.8 cm³/mol. The van der Waals surface area contributed by atoms with E-state index in [9.17, 15) is 13.2 Å². The number of nitrogens with zero attached hydrogens (tertiary/aromatic N) is 1. The highest BCUT2D eigenvalue weighted by molar-refractivity contribution is 7.92. The van der Waals surface area contributed by atoms with Crippen molar-refractivity contribution in [2.24, 2.45) is 0 Å². The van der Waals surface area contributed by atoms with E-state index in [1.54, 1.807) is 0 Å². The van der Waals surface area contributed by atoms with E-state index in [-0.39, 0.29) is 16.3 Å². The lowest BCUT2D eigenvalue weighted by Crippen LogP contribution is -2.12. The molecule has 2 aromatic rings. The summed E-state index contributed by atoms with van der Waals surface area (Å²) in [6, 6.07) is 3.96. The van der Waals surface area contributed by atoms with Crippen molar-refractivity contribution in [3.05, 3.63) is 42.5 Å². The van der Waals surface area contributed by atoms with Crippen molar-refractivity contribution in [3.63, 3.8) is 0 Å². The van der Waals surface area contributed by atoms with Gasteiger partial charge in [-0.3, -0.25) is 4.72 Å². The maximum Gasteiger partial charge on any atom is 0.354 e. The Morgan fingerprint density at radius 3 is 2.61 bits per heavy atom. The topological polar surface area (TPSA) is 112 Å². The molecule has 0 saturated carbocycles. The minimum Gasteiger partial charge on any atom is -0.477 e. The number of sulfonamides is 1. The van der Waals surface area contributed by atoms with Crippen LogP contribution in [0.25, 0.3) is 0 Å². The van der Waals surface area contributed by atoms with Crippen molar-refractivity contribution in [2.75, 3.05) is 4.72 Å². The Morgan fingerprint density at radius 1 is 1.33 bits per heavy atom. The molecular formula is C10H9N3O4S. The van der Waals surface area contributed by atoms with E-state index >= 15 is 0 Å². The molecule has 0 spiro atoms. The zero-order valence-corrected chi connectivity index (χ0v) is 9.81. The molecule has 0 aliphatic heterocycles. The maximum atomic E-state index is 11.8. The molecular weight excluding hydrogens is 258 g/mol. The Labute approximate surface area is 103 Å². The zero-order valence-electron chi connectivity index (χ0n) is 8.99. The van der Waals surface area contributed by atoms with Gasteiger partial charge in [-0.2, -0.15) is 0 Å². The lowest BCUT2D eigenvalue weighted by Gasteiger charge is -2.05. The predicted octanol–water partition coefficient (Wildman–Crippen LogP) is 0.909. The van der Waals surface area contributed by atoms with Crippen LogP contribution in [0.1, 0.15) is 10.5 Å². The molecule has 0 aromatic carbocycles. The minimum absolute atomic E-state index is 0.0878. The first-order chi connectivity index (χ1) is 8.49. The molecule has 0 fully saturated rings. The number of anilines is 1. The number of hydrogen-bond donors (Lipinski definition) is 3. The normalized spacial score (nSPS) is 11.1. The lowest BCUT2D eigenvalue weighted by atomic mass is 10.3. The number of carboxylic acids is 1. The van der Waals surface area contributed by atoms with Crippen molar-refractivity contribution >= 4 is 21.7 Å². The van der Waals surface area contributed by atoms with Gasteiger partial charge in [0.25, 0.3) is 10.0 Å². The number of H-pyrrole nitrogens is 1. The van der Waals surface area contributed by atoms with E-state index in [1.807, 2.05) is 0 Å². The fraction of sp³-hybridized carbons (Fsp3) is 0. The summed E-state index contributed by atoms with van der Waals surface area (Å²) in [4.78, 5) is 16.9. The van der Waals surface area contributed by atoms with E-state index in [1.165, 1.54) is 30.6 Å². The summed E-state index contributed by atoms with van der Waals surface area (Å²) in [7, 11) is -3.67. The Hall–Kier alpha value is -2.35. The van der Waals surface area contributed by atoms with Gasteiger partial charge < -0.3 is 10.1 Å². The number of nitrogens with one attached hydrogen (secondary N) is 2. The first-order valence-electron chi connectivity index (χ1n) is 4.84. The quantitative estimate of drug-likeness (QED) is 0.762. The molecule has 3 N–H and O–H groups in total. The highest BCUT2D eigenvalue weighted by atomic mass is 32.2. The molecule has 7 nitrogen and oxygen atoms in total. The minimum atomic E-state index is -3.67. The van der Waals surface area contributed by atoms with E-state index in [4.69, 9.17) is 5.11 Å². The number of carboxylic acid groups (broad SMARTS) is 1. The third-order valence-corrected chi connectivity index (χ3v) is 3.49. The Morgan fingerprint density at radius 2 is 2.11 bits per heavy atom. The van der Waals surface area contributed by atoms with Crippen molar-refractivity contribution < 1.29 is 18.3 Å². The monoisotopic (exact) mass is 267 g/mol. The fourth-order valence-electron chi connectivity index (χ4n) is 1.27. The molecule has 0 unspecified atom stereocenters. The van der Waals surface area contributed by atoms with Crippen LogP contribution in [0.4, 0.5) is 5.69 Å². The summed E-state index contributed by atoms with van der Waals surface area (Å²) in [5.74, 6) is -1.17. The maximum absolute atomic E-state index is 11.8. The summed E-state index contributed by atoms with van der Waals surface area (Å²) < 4.78 is 25.9. The summed E-state index contributed by atoms with van der Waals surface area (Å²) >= 11 is 0. The second kappa shape index (κ2) is 4.49. The molecule has 0 atom stereocenters. The molecule has 2 rings (SSSR count). The molecule has 0 radical (unpaired) electrons. The van der Waals surface area contributed by atoms with Gasteiger partial charge in [-0.05, 0) is 18.2 Å². The fourth-order valence-corrected chi connectivity index (χ4v) is 2.29. The van der Waals surface area contributed by atoms with Crippen molar-refractivity contribution in [2.45, 2.75) is 4.90 Å². The number of aromatic amines is 1. The first-order valence-corrected chi connectivity index (χ1v) is 6.32. The average Bonchev–Trinajstić information content (AvgIpc) is 2.83. The Kier molecular flexibility index (Phi) is 3.02. The van der Waals surface area contributed by atoms with Gasteiger partial charge in [0.2, 0.25) is 0 Å². The molecule has 8 heteroatoms. The van der Waals surface area contributed by atoms with Crippen LogP contribution < -0.4 is 4.72 Å².